The minimum absolute atomic E-state index is 0.806. The van der Waals surface area contributed by atoms with Crippen LogP contribution in [0.3, 0.4) is 0 Å². The van der Waals surface area contributed by atoms with Gasteiger partial charge in [0.05, 0.1) is 0 Å². The highest BCUT2D eigenvalue weighted by atomic mass is 16.4. The van der Waals surface area contributed by atoms with Crippen molar-refractivity contribution in [1.29, 1.82) is 0 Å². The van der Waals surface area contributed by atoms with Gasteiger partial charge in [-0.15, -0.1) is 0 Å². The molecule has 0 unspecified atom stereocenters. The molecule has 0 saturated carbocycles. The molecule has 0 aliphatic heterocycles. The number of carboxylic acid groups (broad SMARTS) is 2. The molecule has 0 heterocycles. The molecule has 0 aromatic rings. The normalized spacial score (nSPS) is 9.83. The molecule has 0 aromatic carbocycles. The quantitative estimate of drug-likeness (QED) is 0.329. The second-order valence-corrected chi connectivity index (χ2v) is 3.93. The summed E-state index contributed by atoms with van der Waals surface area (Å²) in [6.45, 7) is 6.14. The van der Waals surface area contributed by atoms with E-state index in [2.05, 4.69) is 19.9 Å². The summed E-state index contributed by atoms with van der Waals surface area (Å²) in [6, 6.07) is 0. The van der Waals surface area contributed by atoms with Gasteiger partial charge in [0, 0.05) is 0 Å². The first-order valence-corrected chi connectivity index (χ1v) is 5.47. The van der Waals surface area contributed by atoms with Gasteiger partial charge >= 0.3 is 11.9 Å². The van der Waals surface area contributed by atoms with Crippen molar-refractivity contribution in [1.82, 2.24) is 0 Å². The Balaban J connectivity index is 0. The van der Waals surface area contributed by atoms with Crippen LogP contribution >= 0.6 is 0 Å². The molecule has 0 radical (unpaired) electrons. The predicted molar refractivity (Wildman–Crippen MR) is 68.4 cm³/mol. The van der Waals surface area contributed by atoms with Gasteiger partial charge in [-0.05, 0) is 39.7 Å². The molecule has 5 heteroatoms. The molecule has 0 aliphatic carbocycles. The fourth-order valence-electron chi connectivity index (χ4n) is 0.917. The van der Waals surface area contributed by atoms with E-state index < -0.39 is 18.4 Å². The van der Waals surface area contributed by atoms with Crippen LogP contribution in [0.2, 0.25) is 0 Å². The van der Waals surface area contributed by atoms with Crippen LogP contribution in [0.25, 0.3) is 0 Å². The zero-order valence-corrected chi connectivity index (χ0v) is 11.0. The van der Waals surface area contributed by atoms with Crippen LogP contribution in [-0.2, 0) is 14.4 Å². The SMILES string of the molecule is CC(C)=CCCC(C)=CC=O.O=C(O)CC(=O)O. The van der Waals surface area contributed by atoms with Crippen molar-refractivity contribution in [2.24, 2.45) is 0 Å². The number of allylic oxidation sites excluding steroid dienone is 4. The van der Waals surface area contributed by atoms with E-state index in [-0.39, 0.29) is 0 Å². The number of hydrogen-bond acceptors (Lipinski definition) is 3. The van der Waals surface area contributed by atoms with Crippen molar-refractivity contribution in [3.05, 3.63) is 23.3 Å². The molecule has 102 valence electrons. The largest absolute Gasteiger partial charge is 0.481 e. The van der Waals surface area contributed by atoms with E-state index in [0.717, 1.165) is 24.7 Å². The maximum atomic E-state index is 10.0. The lowest BCUT2D eigenvalue weighted by Gasteiger charge is -1.94. The molecule has 0 bridgehead atoms. The Morgan fingerprint density at radius 1 is 1.06 bits per heavy atom. The van der Waals surface area contributed by atoms with E-state index in [1.54, 1.807) is 6.08 Å². The van der Waals surface area contributed by atoms with Crippen LogP contribution in [0.15, 0.2) is 23.3 Å². The molecule has 18 heavy (non-hydrogen) atoms. The van der Waals surface area contributed by atoms with Crippen molar-refractivity contribution in [2.75, 3.05) is 0 Å². The van der Waals surface area contributed by atoms with Crippen molar-refractivity contribution in [3.63, 3.8) is 0 Å². The van der Waals surface area contributed by atoms with Gasteiger partial charge in [-0.1, -0.05) is 17.2 Å². The maximum absolute atomic E-state index is 10.0. The average molecular weight is 256 g/mol. The fourth-order valence-corrected chi connectivity index (χ4v) is 0.917. The Morgan fingerprint density at radius 3 is 1.83 bits per heavy atom. The first-order chi connectivity index (χ1) is 8.29. The van der Waals surface area contributed by atoms with Crippen LogP contribution in [0.4, 0.5) is 0 Å². The molecule has 2 N–H and O–H groups in total. The first kappa shape index (κ1) is 18.5. The number of carboxylic acids is 2. The van der Waals surface area contributed by atoms with Gasteiger partial charge in [0.1, 0.15) is 12.7 Å². The lowest BCUT2D eigenvalue weighted by Crippen LogP contribution is -2.03. The Bertz CT molecular complexity index is 323. The van der Waals surface area contributed by atoms with Gasteiger partial charge < -0.3 is 10.2 Å². The van der Waals surface area contributed by atoms with Gasteiger partial charge in [0.25, 0.3) is 0 Å². The predicted octanol–water partition coefficient (Wildman–Crippen LogP) is 2.42. The fraction of sp³-hybridized carbons (Fsp3) is 0.462. The number of aldehydes is 1. The van der Waals surface area contributed by atoms with Gasteiger partial charge in [-0.25, -0.2) is 0 Å². The minimum atomic E-state index is -1.31. The Labute approximate surface area is 107 Å². The molecule has 0 aliphatic rings. The molecule has 0 rings (SSSR count). The number of hydrogen-bond donors (Lipinski definition) is 2. The third kappa shape index (κ3) is 19.6. The summed E-state index contributed by atoms with van der Waals surface area (Å²) in [5.74, 6) is -2.62. The lowest BCUT2D eigenvalue weighted by atomic mass is 10.1. The van der Waals surface area contributed by atoms with Crippen molar-refractivity contribution >= 4 is 18.2 Å². The molecule has 0 aromatic heterocycles. The Hall–Kier alpha value is -1.91. The van der Waals surface area contributed by atoms with E-state index in [1.807, 2.05) is 6.92 Å². The monoisotopic (exact) mass is 256 g/mol. The molecule has 0 spiro atoms. The smallest absolute Gasteiger partial charge is 0.314 e. The molecule has 0 atom stereocenters. The topological polar surface area (TPSA) is 91.7 Å². The second kappa shape index (κ2) is 11.6. The molecule has 0 saturated heterocycles. The van der Waals surface area contributed by atoms with E-state index >= 15 is 0 Å². The molecular weight excluding hydrogens is 236 g/mol. The molecule has 0 amide bonds. The maximum Gasteiger partial charge on any atom is 0.314 e. The van der Waals surface area contributed by atoms with Crippen LogP contribution in [0.1, 0.15) is 40.0 Å². The zero-order chi connectivity index (χ0) is 14.6. The lowest BCUT2D eigenvalue weighted by molar-refractivity contribution is -0.147. The summed E-state index contributed by atoms with van der Waals surface area (Å²) in [4.78, 5) is 28.9. The van der Waals surface area contributed by atoms with E-state index in [9.17, 15) is 14.4 Å². The number of rotatable bonds is 6. The molecule has 5 nitrogen and oxygen atoms in total. The molecular formula is C13H20O5. The van der Waals surface area contributed by atoms with E-state index in [1.165, 1.54) is 5.57 Å². The zero-order valence-electron chi connectivity index (χ0n) is 11.0. The van der Waals surface area contributed by atoms with Gasteiger partial charge in [-0.3, -0.25) is 14.4 Å². The minimum Gasteiger partial charge on any atom is -0.481 e. The van der Waals surface area contributed by atoms with Crippen LogP contribution < -0.4 is 0 Å². The number of aliphatic carboxylic acids is 2. The Morgan fingerprint density at radius 2 is 1.56 bits per heavy atom. The summed E-state index contributed by atoms with van der Waals surface area (Å²) in [6.07, 6.45) is 5.88. The third-order valence-electron chi connectivity index (χ3n) is 1.75. The summed E-state index contributed by atoms with van der Waals surface area (Å²) >= 11 is 0. The van der Waals surface area contributed by atoms with Crippen molar-refractivity contribution in [3.8, 4) is 0 Å². The summed E-state index contributed by atoms with van der Waals surface area (Å²) in [7, 11) is 0. The van der Waals surface area contributed by atoms with Gasteiger partial charge in [0.15, 0.2) is 0 Å². The van der Waals surface area contributed by atoms with Gasteiger partial charge in [0.2, 0.25) is 0 Å². The highest BCUT2D eigenvalue weighted by Gasteiger charge is 2.01. The summed E-state index contributed by atoms with van der Waals surface area (Å²) < 4.78 is 0. The second-order valence-electron chi connectivity index (χ2n) is 3.93. The summed E-state index contributed by atoms with van der Waals surface area (Å²) in [5, 5.41) is 15.4. The van der Waals surface area contributed by atoms with Gasteiger partial charge in [-0.2, -0.15) is 0 Å². The van der Waals surface area contributed by atoms with Crippen LogP contribution in [-0.4, -0.2) is 28.4 Å². The van der Waals surface area contributed by atoms with Crippen molar-refractivity contribution < 1.29 is 24.6 Å². The van der Waals surface area contributed by atoms with E-state index in [0.29, 0.717) is 0 Å². The highest BCUT2D eigenvalue weighted by Crippen LogP contribution is 2.05. The number of carbonyl (C=O) groups is 3. The van der Waals surface area contributed by atoms with E-state index in [4.69, 9.17) is 10.2 Å². The van der Waals surface area contributed by atoms with Crippen LogP contribution in [0.5, 0.6) is 0 Å². The standard InChI is InChI=1S/C10H16O.C3H4O4/c1-9(2)5-4-6-10(3)7-8-11;4-2(5)1-3(6)7/h5,7-8H,4,6H2,1-3H3;1H2,(H,4,5)(H,6,7). The van der Waals surface area contributed by atoms with Crippen LogP contribution in [0, 0.1) is 0 Å². The average Bonchev–Trinajstić information content (AvgIpc) is 2.15. The Kier molecular flexibility index (Phi) is 11.9. The summed E-state index contributed by atoms with van der Waals surface area (Å²) in [5.41, 5.74) is 2.49. The third-order valence-corrected chi connectivity index (χ3v) is 1.75. The molecule has 0 fully saturated rings. The van der Waals surface area contributed by atoms with Crippen molar-refractivity contribution in [2.45, 2.75) is 40.0 Å². The first-order valence-electron chi connectivity index (χ1n) is 5.47. The highest BCUT2D eigenvalue weighted by molar-refractivity contribution is 5.88. The number of carbonyl (C=O) groups excluding carboxylic acids is 1.